The summed E-state index contributed by atoms with van der Waals surface area (Å²) < 4.78 is 11.0. The molecule has 0 spiro atoms. The second-order valence-electron chi connectivity index (χ2n) is 4.21. The number of aliphatic carboxylic acids is 1. The van der Waals surface area contributed by atoms with Crippen LogP contribution in [0.5, 0.6) is 11.5 Å². The molecule has 0 aliphatic heterocycles. The van der Waals surface area contributed by atoms with Gasteiger partial charge in [0, 0.05) is 11.0 Å². The first kappa shape index (κ1) is 15.1. The van der Waals surface area contributed by atoms with Gasteiger partial charge in [0.1, 0.15) is 18.1 Å². The Labute approximate surface area is 127 Å². The number of carboxylic acids is 1. The predicted octanol–water partition coefficient (Wildman–Crippen LogP) is 3.82. The Kier molecular flexibility index (Phi) is 5.40. The van der Waals surface area contributed by atoms with Gasteiger partial charge in [-0.1, -0.05) is 0 Å². The van der Waals surface area contributed by atoms with Crippen molar-refractivity contribution in [1.82, 2.24) is 0 Å². The number of thiophene rings is 1. The maximum atomic E-state index is 10.4. The zero-order chi connectivity index (χ0) is 15.1. The van der Waals surface area contributed by atoms with Crippen LogP contribution in [0.2, 0.25) is 0 Å². The van der Waals surface area contributed by atoms with E-state index in [1.165, 1.54) is 11.3 Å². The average Bonchev–Trinajstić information content (AvgIpc) is 2.93. The van der Waals surface area contributed by atoms with Gasteiger partial charge in [0.25, 0.3) is 0 Å². The number of carboxylic acid groups (broad SMARTS) is 1. The van der Waals surface area contributed by atoms with Crippen LogP contribution in [0.25, 0.3) is 6.08 Å². The maximum absolute atomic E-state index is 10.4. The molecule has 0 aliphatic carbocycles. The van der Waals surface area contributed by atoms with E-state index in [2.05, 4.69) is 0 Å². The van der Waals surface area contributed by atoms with Crippen molar-refractivity contribution in [2.45, 2.75) is 13.5 Å². The fourth-order valence-electron chi connectivity index (χ4n) is 1.68. The van der Waals surface area contributed by atoms with Crippen molar-refractivity contribution in [3.05, 3.63) is 52.2 Å². The summed E-state index contributed by atoms with van der Waals surface area (Å²) in [5, 5.41) is 10.5. The molecule has 0 aliphatic rings. The van der Waals surface area contributed by atoms with Crippen molar-refractivity contribution in [3.8, 4) is 11.5 Å². The molecular formula is C16H16O4S. The molecule has 0 amide bonds. The molecule has 21 heavy (non-hydrogen) atoms. The van der Waals surface area contributed by atoms with E-state index in [0.717, 1.165) is 28.0 Å². The summed E-state index contributed by atoms with van der Waals surface area (Å²) in [4.78, 5) is 11.5. The van der Waals surface area contributed by atoms with Gasteiger partial charge in [-0.25, -0.2) is 4.79 Å². The lowest BCUT2D eigenvalue weighted by Gasteiger charge is -2.06. The van der Waals surface area contributed by atoms with Crippen molar-refractivity contribution in [2.24, 2.45) is 0 Å². The van der Waals surface area contributed by atoms with Gasteiger partial charge in [0.05, 0.1) is 6.61 Å². The van der Waals surface area contributed by atoms with E-state index in [1.807, 2.05) is 42.6 Å². The largest absolute Gasteiger partial charge is 0.494 e. The highest BCUT2D eigenvalue weighted by Gasteiger charge is 2.01. The normalized spacial score (nSPS) is 10.7. The summed E-state index contributed by atoms with van der Waals surface area (Å²) in [5.41, 5.74) is 0.868. The molecule has 0 atom stereocenters. The molecule has 4 nitrogen and oxygen atoms in total. The summed E-state index contributed by atoms with van der Waals surface area (Å²) in [6.07, 6.45) is 2.69. The number of carbonyl (C=O) groups is 1. The van der Waals surface area contributed by atoms with E-state index < -0.39 is 5.97 Å². The Morgan fingerprint density at radius 1 is 1.24 bits per heavy atom. The molecular weight excluding hydrogens is 288 g/mol. The zero-order valence-corrected chi connectivity index (χ0v) is 12.4. The lowest BCUT2D eigenvalue weighted by Crippen LogP contribution is -1.94. The number of hydrogen-bond donors (Lipinski definition) is 1. The topological polar surface area (TPSA) is 55.8 Å². The Bertz CT molecular complexity index is 613. The van der Waals surface area contributed by atoms with E-state index in [0.29, 0.717) is 13.2 Å². The summed E-state index contributed by atoms with van der Waals surface area (Å²) >= 11 is 1.54. The van der Waals surface area contributed by atoms with Gasteiger partial charge >= 0.3 is 5.97 Å². The highest BCUT2D eigenvalue weighted by molar-refractivity contribution is 7.10. The van der Waals surface area contributed by atoms with Gasteiger partial charge in [-0.2, -0.15) is 0 Å². The minimum atomic E-state index is -0.951. The number of ether oxygens (including phenoxy) is 2. The van der Waals surface area contributed by atoms with Crippen LogP contribution in [-0.2, 0) is 11.4 Å². The number of benzene rings is 1. The van der Waals surface area contributed by atoms with E-state index in [4.69, 9.17) is 14.6 Å². The Morgan fingerprint density at radius 2 is 1.90 bits per heavy atom. The lowest BCUT2D eigenvalue weighted by atomic mass is 10.3. The van der Waals surface area contributed by atoms with E-state index in [-0.39, 0.29) is 0 Å². The fourth-order valence-corrected chi connectivity index (χ4v) is 2.45. The standard InChI is InChI=1S/C16H16O4S/c1-2-19-13-4-6-14(7-5-13)20-10-15-9-12(11-21-15)3-8-16(17)18/h3-9,11H,2,10H2,1H3,(H,17,18). The smallest absolute Gasteiger partial charge is 0.328 e. The summed E-state index contributed by atoms with van der Waals surface area (Å²) in [5.74, 6) is 0.643. The Balaban J connectivity index is 1.89. The van der Waals surface area contributed by atoms with Crippen molar-refractivity contribution < 1.29 is 19.4 Å². The Morgan fingerprint density at radius 3 is 2.52 bits per heavy atom. The van der Waals surface area contributed by atoms with Crippen molar-refractivity contribution in [2.75, 3.05) is 6.61 Å². The number of hydrogen-bond acceptors (Lipinski definition) is 4. The average molecular weight is 304 g/mol. The molecule has 0 unspecified atom stereocenters. The van der Waals surface area contributed by atoms with E-state index >= 15 is 0 Å². The lowest BCUT2D eigenvalue weighted by molar-refractivity contribution is -0.131. The quantitative estimate of drug-likeness (QED) is 0.790. The van der Waals surface area contributed by atoms with Crippen LogP contribution in [-0.4, -0.2) is 17.7 Å². The molecule has 0 radical (unpaired) electrons. The molecule has 1 aromatic carbocycles. The predicted molar refractivity (Wildman–Crippen MR) is 82.9 cm³/mol. The molecule has 0 bridgehead atoms. The second kappa shape index (κ2) is 7.50. The van der Waals surface area contributed by atoms with Gasteiger partial charge in [0.2, 0.25) is 0 Å². The highest BCUT2D eigenvalue weighted by atomic mass is 32.1. The number of rotatable bonds is 7. The molecule has 0 saturated carbocycles. The first-order valence-corrected chi connectivity index (χ1v) is 7.39. The third-order valence-electron chi connectivity index (χ3n) is 2.61. The zero-order valence-electron chi connectivity index (χ0n) is 11.6. The summed E-state index contributed by atoms with van der Waals surface area (Å²) in [6.45, 7) is 3.04. The monoisotopic (exact) mass is 304 g/mol. The third kappa shape index (κ3) is 4.96. The van der Waals surface area contributed by atoms with Crippen LogP contribution in [0.1, 0.15) is 17.4 Å². The molecule has 2 aromatic rings. The molecule has 0 fully saturated rings. The van der Waals surface area contributed by atoms with Crippen molar-refractivity contribution >= 4 is 23.4 Å². The van der Waals surface area contributed by atoms with Crippen LogP contribution in [0.3, 0.4) is 0 Å². The summed E-state index contributed by atoms with van der Waals surface area (Å²) in [7, 11) is 0. The molecule has 0 saturated heterocycles. The van der Waals surface area contributed by atoms with Gasteiger partial charge in [-0.15, -0.1) is 11.3 Å². The molecule has 1 heterocycles. The minimum absolute atomic E-state index is 0.458. The van der Waals surface area contributed by atoms with E-state index in [9.17, 15) is 4.79 Å². The molecule has 1 aromatic heterocycles. The van der Waals surface area contributed by atoms with E-state index in [1.54, 1.807) is 6.08 Å². The minimum Gasteiger partial charge on any atom is -0.494 e. The summed E-state index contributed by atoms with van der Waals surface area (Å²) in [6, 6.07) is 9.38. The van der Waals surface area contributed by atoms with Crippen LogP contribution in [0.15, 0.2) is 41.8 Å². The molecule has 5 heteroatoms. The Hall–Kier alpha value is -2.27. The maximum Gasteiger partial charge on any atom is 0.328 e. The van der Waals surface area contributed by atoms with Gasteiger partial charge in [0.15, 0.2) is 0 Å². The fraction of sp³-hybridized carbons (Fsp3) is 0.188. The van der Waals surface area contributed by atoms with Crippen LogP contribution >= 0.6 is 11.3 Å². The van der Waals surface area contributed by atoms with Crippen molar-refractivity contribution in [1.29, 1.82) is 0 Å². The van der Waals surface area contributed by atoms with Gasteiger partial charge in [-0.05, 0) is 54.3 Å². The van der Waals surface area contributed by atoms with Gasteiger partial charge < -0.3 is 14.6 Å². The molecule has 2 rings (SSSR count). The van der Waals surface area contributed by atoms with Crippen LogP contribution in [0, 0.1) is 0 Å². The SMILES string of the molecule is CCOc1ccc(OCc2cc(C=CC(=O)O)cs2)cc1. The first-order chi connectivity index (χ1) is 10.2. The highest BCUT2D eigenvalue weighted by Crippen LogP contribution is 2.21. The van der Waals surface area contributed by atoms with Crippen LogP contribution in [0.4, 0.5) is 0 Å². The van der Waals surface area contributed by atoms with Crippen LogP contribution < -0.4 is 9.47 Å². The van der Waals surface area contributed by atoms with Crippen molar-refractivity contribution in [3.63, 3.8) is 0 Å². The molecule has 110 valence electrons. The molecule has 1 N–H and O–H groups in total. The van der Waals surface area contributed by atoms with Gasteiger partial charge in [-0.3, -0.25) is 0 Å². The first-order valence-electron chi connectivity index (χ1n) is 6.51. The second-order valence-corrected chi connectivity index (χ2v) is 5.21. The third-order valence-corrected chi connectivity index (χ3v) is 3.54.